The Morgan fingerprint density at radius 1 is 1.03 bits per heavy atom. The van der Waals surface area contributed by atoms with Gasteiger partial charge in [0.2, 0.25) is 5.82 Å². The van der Waals surface area contributed by atoms with Gasteiger partial charge in [0.05, 0.1) is 11.1 Å². The Kier molecular flexibility index (Phi) is 4.51. The molecule has 1 fully saturated rings. The van der Waals surface area contributed by atoms with Crippen molar-refractivity contribution in [1.29, 1.82) is 0 Å². The number of anilines is 1. The molecule has 5 nitrogen and oxygen atoms in total. The second-order valence-corrected chi connectivity index (χ2v) is 8.03. The number of hydrogen-bond donors (Lipinski definition) is 0. The number of rotatable bonds is 3. The van der Waals surface area contributed by atoms with Gasteiger partial charge in [-0.05, 0) is 43.9 Å². The minimum atomic E-state index is 0.534. The van der Waals surface area contributed by atoms with Gasteiger partial charge in [-0.2, -0.15) is 4.98 Å². The predicted molar refractivity (Wildman–Crippen MR) is 116 cm³/mol. The van der Waals surface area contributed by atoms with Gasteiger partial charge in [-0.1, -0.05) is 54.0 Å². The number of nitrogens with zero attached hydrogens (tertiary/aromatic N) is 4. The number of para-hydroxylation sites is 1. The third-order valence-electron chi connectivity index (χ3n) is 5.62. The molecule has 146 valence electrons. The summed E-state index contributed by atoms with van der Waals surface area (Å²) in [5.74, 6) is 2.81. The Morgan fingerprint density at radius 3 is 2.79 bits per heavy atom. The number of hydrogen-bond acceptors (Lipinski definition) is 5. The molecule has 1 aliphatic heterocycles. The van der Waals surface area contributed by atoms with Gasteiger partial charge in [0, 0.05) is 24.0 Å². The minimum absolute atomic E-state index is 0.534. The SMILES string of the molecule is Cc1cccc(-c2noc(-c3cc(N4CCCC(C)C4)nc4ccccc34)n2)c1. The maximum absolute atomic E-state index is 5.71. The van der Waals surface area contributed by atoms with Gasteiger partial charge in [-0.3, -0.25) is 0 Å². The van der Waals surface area contributed by atoms with E-state index in [-0.39, 0.29) is 0 Å². The molecular weight excluding hydrogens is 360 g/mol. The lowest BCUT2D eigenvalue weighted by Gasteiger charge is -2.32. The molecule has 0 bridgehead atoms. The molecule has 29 heavy (non-hydrogen) atoms. The normalized spacial score (nSPS) is 17.0. The van der Waals surface area contributed by atoms with Crippen LogP contribution in [-0.4, -0.2) is 28.2 Å². The molecule has 1 unspecified atom stereocenters. The predicted octanol–water partition coefficient (Wildman–Crippen LogP) is 5.50. The fourth-order valence-electron chi connectivity index (χ4n) is 4.13. The summed E-state index contributed by atoms with van der Waals surface area (Å²) >= 11 is 0. The molecule has 1 saturated heterocycles. The van der Waals surface area contributed by atoms with Crippen LogP contribution in [0.4, 0.5) is 5.82 Å². The Bertz CT molecular complexity index is 1170. The van der Waals surface area contributed by atoms with Gasteiger partial charge in [0.15, 0.2) is 0 Å². The highest BCUT2D eigenvalue weighted by molar-refractivity contribution is 5.94. The highest BCUT2D eigenvalue weighted by Gasteiger charge is 2.21. The van der Waals surface area contributed by atoms with Crippen molar-refractivity contribution in [1.82, 2.24) is 15.1 Å². The van der Waals surface area contributed by atoms with Crippen LogP contribution in [0.3, 0.4) is 0 Å². The molecule has 3 heterocycles. The first-order chi connectivity index (χ1) is 14.2. The maximum atomic E-state index is 5.71. The summed E-state index contributed by atoms with van der Waals surface area (Å²) in [5.41, 5.74) is 4.02. The molecule has 0 amide bonds. The van der Waals surface area contributed by atoms with E-state index in [0.29, 0.717) is 17.6 Å². The fourth-order valence-corrected chi connectivity index (χ4v) is 4.13. The van der Waals surface area contributed by atoms with E-state index in [1.807, 2.05) is 30.3 Å². The van der Waals surface area contributed by atoms with Crippen LogP contribution in [0, 0.1) is 12.8 Å². The number of piperidine rings is 1. The highest BCUT2D eigenvalue weighted by atomic mass is 16.5. The molecule has 5 heteroatoms. The second kappa shape index (κ2) is 7.32. The molecule has 0 spiro atoms. The molecular formula is C24H24N4O. The lowest BCUT2D eigenvalue weighted by molar-refractivity contribution is 0.432. The summed E-state index contributed by atoms with van der Waals surface area (Å²) in [6, 6.07) is 18.4. The van der Waals surface area contributed by atoms with Crippen LogP contribution in [0.15, 0.2) is 59.1 Å². The van der Waals surface area contributed by atoms with Gasteiger partial charge in [0.1, 0.15) is 5.82 Å². The summed E-state index contributed by atoms with van der Waals surface area (Å²) in [7, 11) is 0. The molecule has 1 atom stereocenters. The average Bonchev–Trinajstić information content (AvgIpc) is 3.23. The van der Waals surface area contributed by atoms with E-state index < -0.39 is 0 Å². The smallest absolute Gasteiger partial charge is 0.259 e. The van der Waals surface area contributed by atoms with Crippen molar-refractivity contribution in [2.45, 2.75) is 26.7 Å². The first-order valence-electron chi connectivity index (χ1n) is 10.2. The second-order valence-electron chi connectivity index (χ2n) is 8.03. The van der Waals surface area contributed by atoms with Gasteiger partial charge < -0.3 is 9.42 Å². The fraction of sp³-hybridized carbons (Fsp3) is 0.292. The van der Waals surface area contributed by atoms with Gasteiger partial charge in [0.25, 0.3) is 5.89 Å². The van der Waals surface area contributed by atoms with Crippen molar-refractivity contribution >= 4 is 16.7 Å². The molecule has 0 N–H and O–H groups in total. The van der Waals surface area contributed by atoms with Crippen molar-refractivity contribution < 1.29 is 4.52 Å². The van der Waals surface area contributed by atoms with E-state index >= 15 is 0 Å². The minimum Gasteiger partial charge on any atom is -0.356 e. The van der Waals surface area contributed by atoms with E-state index in [2.05, 4.69) is 48.2 Å². The molecule has 0 radical (unpaired) electrons. The standard InChI is InChI=1S/C24H24N4O/c1-16-7-5-9-18(13-16)23-26-24(29-27-23)20-14-22(28-12-6-8-17(2)15-28)25-21-11-4-3-10-19(20)21/h3-5,7,9-11,13-14,17H,6,8,12,15H2,1-2H3. The summed E-state index contributed by atoms with van der Waals surface area (Å²) in [6.07, 6.45) is 2.48. The van der Waals surface area contributed by atoms with Gasteiger partial charge >= 0.3 is 0 Å². The van der Waals surface area contributed by atoms with Crippen LogP contribution in [0.5, 0.6) is 0 Å². The number of aromatic nitrogens is 3. The maximum Gasteiger partial charge on any atom is 0.259 e. The lowest BCUT2D eigenvalue weighted by Crippen LogP contribution is -2.34. The molecule has 5 rings (SSSR count). The van der Waals surface area contributed by atoms with Crippen LogP contribution < -0.4 is 4.90 Å². The molecule has 0 aliphatic carbocycles. The summed E-state index contributed by atoms with van der Waals surface area (Å²) in [4.78, 5) is 12.0. The Hall–Kier alpha value is -3.21. The van der Waals surface area contributed by atoms with E-state index in [9.17, 15) is 0 Å². The number of fused-ring (bicyclic) bond motifs is 1. The monoisotopic (exact) mass is 384 g/mol. The first-order valence-corrected chi connectivity index (χ1v) is 10.2. The van der Waals surface area contributed by atoms with Crippen molar-refractivity contribution in [3.05, 3.63) is 60.2 Å². The quantitative estimate of drug-likeness (QED) is 0.467. The van der Waals surface area contributed by atoms with Gasteiger partial charge in [-0.15, -0.1) is 0 Å². The molecule has 2 aromatic heterocycles. The molecule has 2 aromatic carbocycles. The number of pyridine rings is 1. The van der Waals surface area contributed by atoms with Gasteiger partial charge in [-0.25, -0.2) is 4.98 Å². The zero-order valence-electron chi connectivity index (χ0n) is 16.8. The molecule has 1 aliphatic rings. The summed E-state index contributed by atoms with van der Waals surface area (Å²) in [6.45, 7) is 6.43. The zero-order valence-corrected chi connectivity index (χ0v) is 16.8. The van der Waals surface area contributed by atoms with Crippen LogP contribution in [0.2, 0.25) is 0 Å². The largest absolute Gasteiger partial charge is 0.356 e. The number of aryl methyl sites for hydroxylation is 1. The van der Waals surface area contributed by atoms with Crippen LogP contribution in [0.1, 0.15) is 25.3 Å². The third kappa shape index (κ3) is 3.48. The zero-order chi connectivity index (χ0) is 19.8. The Morgan fingerprint density at radius 2 is 1.93 bits per heavy atom. The first kappa shape index (κ1) is 17.9. The number of benzene rings is 2. The van der Waals surface area contributed by atoms with Crippen LogP contribution in [0.25, 0.3) is 33.7 Å². The van der Waals surface area contributed by atoms with Crippen molar-refractivity contribution in [2.24, 2.45) is 5.92 Å². The van der Waals surface area contributed by atoms with Crippen molar-refractivity contribution in [3.8, 4) is 22.8 Å². The van der Waals surface area contributed by atoms with E-state index in [1.165, 1.54) is 18.4 Å². The van der Waals surface area contributed by atoms with Crippen molar-refractivity contribution in [3.63, 3.8) is 0 Å². The Labute approximate surface area is 170 Å². The van der Waals surface area contributed by atoms with Crippen LogP contribution >= 0.6 is 0 Å². The third-order valence-corrected chi connectivity index (χ3v) is 5.62. The van der Waals surface area contributed by atoms with E-state index in [0.717, 1.165) is 40.9 Å². The molecule has 0 saturated carbocycles. The summed E-state index contributed by atoms with van der Waals surface area (Å²) in [5, 5.41) is 5.27. The van der Waals surface area contributed by atoms with Crippen molar-refractivity contribution in [2.75, 3.05) is 18.0 Å². The molecule has 4 aromatic rings. The average molecular weight is 384 g/mol. The van der Waals surface area contributed by atoms with E-state index in [1.54, 1.807) is 0 Å². The summed E-state index contributed by atoms with van der Waals surface area (Å²) < 4.78 is 5.71. The lowest BCUT2D eigenvalue weighted by atomic mass is 10.00. The Balaban J connectivity index is 1.61. The van der Waals surface area contributed by atoms with Crippen LogP contribution in [-0.2, 0) is 0 Å². The highest BCUT2D eigenvalue weighted by Crippen LogP contribution is 2.33. The van der Waals surface area contributed by atoms with E-state index in [4.69, 9.17) is 14.5 Å². The topological polar surface area (TPSA) is 55.1 Å².